The molecule has 2 atom stereocenters. The molecule has 3 rings (SSSR count). The van der Waals surface area contributed by atoms with E-state index in [0.29, 0.717) is 5.57 Å². The molecule has 1 aromatic carbocycles. The van der Waals surface area contributed by atoms with Gasteiger partial charge in [0.25, 0.3) is 0 Å². The van der Waals surface area contributed by atoms with Crippen molar-refractivity contribution in [1.29, 1.82) is 0 Å². The van der Waals surface area contributed by atoms with Crippen molar-refractivity contribution in [3.8, 4) is 0 Å². The summed E-state index contributed by atoms with van der Waals surface area (Å²) in [4.78, 5) is 11.9. The van der Waals surface area contributed by atoms with Crippen molar-refractivity contribution in [2.75, 3.05) is 0 Å². The number of ether oxygens (including phenoxy) is 1. The molecule has 17 heavy (non-hydrogen) atoms. The molecule has 1 spiro atoms. The summed E-state index contributed by atoms with van der Waals surface area (Å²) in [5, 5.41) is 0. The van der Waals surface area contributed by atoms with Crippen LogP contribution in [0, 0.1) is 0 Å². The molecule has 2 unspecified atom stereocenters. The summed E-state index contributed by atoms with van der Waals surface area (Å²) in [5.74, 6) is -0.252. The first kappa shape index (κ1) is 11.0. The maximum atomic E-state index is 11.8. The van der Waals surface area contributed by atoms with E-state index in [9.17, 15) is 4.79 Å². The van der Waals surface area contributed by atoms with Gasteiger partial charge in [-0.15, -0.1) is 0 Å². The molecule has 1 aliphatic heterocycles. The summed E-state index contributed by atoms with van der Waals surface area (Å²) >= 11 is 3.68. The molecule has 3 heteroatoms. The summed E-state index contributed by atoms with van der Waals surface area (Å²) in [7, 11) is 0. The lowest BCUT2D eigenvalue weighted by molar-refractivity contribution is -0.160. The number of hydrogen-bond acceptors (Lipinski definition) is 2. The zero-order chi connectivity index (χ0) is 12.0. The van der Waals surface area contributed by atoms with E-state index in [1.165, 1.54) is 5.56 Å². The Bertz CT molecular complexity index is 509. The fourth-order valence-corrected chi connectivity index (χ4v) is 3.69. The monoisotopic (exact) mass is 292 g/mol. The Labute approximate surface area is 109 Å². The van der Waals surface area contributed by atoms with Crippen molar-refractivity contribution >= 4 is 21.9 Å². The highest BCUT2D eigenvalue weighted by Crippen LogP contribution is 2.49. The molecule has 88 valence electrons. The van der Waals surface area contributed by atoms with Crippen LogP contribution in [0.4, 0.5) is 0 Å². The highest BCUT2D eigenvalue weighted by atomic mass is 79.9. The van der Waals surface area contributed by atoms with Crippen LogP contribution in [0.1, 0.15) is 24.0 Å². The van der Waals surface area contributed by atoms with Gasteiger partial charge in [0.15, 0.2) is 5.60 Å². The van der Waals surface area contributed by atoms with Crippen molar-refractivity contribution in [1.82, 2.24) is 0 Å². The topological polar surface area (TPSA) is 26.3 Å². The standard InChI is InChI=1S/C14H13BrO2/c1-9-6-7-14(17-13(9)16)11-5-3-2-4-10(11)8-12(14)15/h2-5,12H,1,6-8H2. The number of halogens is 1. The van der Waals surface area contributed by atoms with Crippen LogP contribution >= 0.6 is 15.9 Å². The molecule has 2 aliphatic rings. The molecule has 0 amide bonds. The van der Waals surface area contributed by atoms with E-state index in [1.807, 2.05) is 12.1 Å². The fraction of sp³-hybridized carbons (Fsp3) is 0.357. The predicted molar refractivity (Wildman–Crippen MR) is 69.0 cm³/mol. The smallest absolute Gasteiger partial charge is 0.334 e. The number of benzene rings is 1. The predicted octanol–water partition coefficient (Wildman–Crippen LogP) is 3.09. The molecule has 1 saturated heterocycles. The summed E-state index contributed by atoms with van der Waals surface area (Å²) in [6.45, 7) is 3.74. The second-order valence-electron chi connectivity index (χ2n) is 4.71. The van der Waals surface area contributed by atoms with E-state index in [4.69, 9.17) is 4.74 Å². The zero-order valence-corrected chi connectivity index (χ0v) is 11.0. The van der Waals surface area contributed by atoms with Crippen LogP contribution in [-0.4, -0.2) is 10.8 Å². The Hall–Kier alpha value is -1.09. The van der Waals surface area contributed by atoms with E-state index in [0.717, 1.165) is 24.8 Å². The van der Waals surface area contributed by atoms with Gasteiger partial charge in [-0.1, -0.05) is 46.8 Å². The van der Waals surface area contributed by atoms with Crippen LogP contribution < -0.4 is 0 Å². The molecule has 2 nitrogen and oxygen atoms in total. The Balaban J connectivity index is 2.08. The Morgan fingerprint density at radius 3 is 2.94 bits per heavy atom. The van der Waals surface area contributed by atoms with Crippen molar-refractivity contribution < 1.29 is 9.53 Å². The molecule has 1 aliphatic carbocycles. The minimum atomic E-state index is -0.477. The van der Waals surface area contributed by atoms with E-state index in [-0.39, 0.29) is 10.8 Å². The minimum Gasteiger partial charge on any atom is -0.450 e. The third-order valence-electron chi connectivity index (χ3n) is 3.74. The highest BCUT2D eigenvalue weighted by Gasteiger charge is 2.50. The van der Waals surface area contributed by atoms with Crippen LogP contribution in [-0.2, 0) is 21.6 Å². The number of alkyl halides is 1. The lowest BCUT2D eigenvalue weighted by Gasteiger charge is -2.37. The normalized spacial score (nSPS) is 31.5. The van der Waals surface area contributed by atoms with E-state index in [1.54, 1.807) is 0 Å². The van der Waals surface area contributed by atoms with Gasteiger partial charge in [0.1, 0.15) is 0 Å². The van der Waals surface area contributed by atoms with Gasteiger partial charge in [-0.25, -0.2) is 4.79 Å². The second kappa shape index (κ2) is 3.70. The van der Waals surface area contributed by atoms with E-state index in [2.05, 4.69) is 34.6 Å². The molecule has 0 radical (unpaired) electrons. The van der Waals surface area contributed by atoms with Gasteiger partial charge in [0, 0.05) is 5.57 Å². The van der Waals surface area contributed by atoms with Gasteiger partial charge in [0.2, 0.25) is 0 Å². The number of rotatable bonds is 0. The largest absolute Gasteiger partial charge is 0.450 e. The van der Waals surface area contributed by atoms with Gasteiger partial charge in [-0.3, -0.25) is 0 Å². The third-order valence-corrected chi connectivity index (χ3v) is 4.80. The maximum absolute atomic E-state index is 11.8. The first-order chi connectivity index (χ1) is 8.13. The molecule has 1 fully saturated rings. The number of hydrogen-bond donors (Lipinski definition) is 0. The number of esters is 1. The minimum absolute atomic E-state index is 0.171. The lowest BCUT2D eigenvalue weighted by atomic mass is 9.86. The van der Waals surface area contributed by atoms with Crippen LogP contribution in [0.25, 0.3) is 0 Å². The van der Waals surface area contributed by atoms with Crippen LogP contribution in [0.2, 0.25) is 0 Å². The van der Waals surface area contributed by atoms with Gasteiger partial charge < -0.3 is 4.74 Å². The van der Waals surface area contributed by atoms with E-state index >= 15 is 0 Å². The number of carbonyl (C=O) groups is 1. The van der Waals surface area contributed by atoms with Crippen molar-refractivity contribution in [3.05, 3.63) is 47.5 Å². The van der Waals surface area contributed by atoms with Crippen molar-refractivity contribution in [2.24, 2.45) is 0 Å². The Morgan fingerprint density at radius 2 is 2.18 bits per heavy atom. The summed E-state index contributed by atoms with van der Waals surface area (Å²) < 4.78 is 5.70. The van der Waals surface area contributed by atoms with Gasteiger partial charge >= 0.3 is 5.97 Å². The average Bonchev–Trinajstić information content (AvgIpc) is 2.58. The average molecular weight is 293 g/mol. The maximum Gasteiger partial charge on any atom is 0.334 e. The molecule has 1 heterocycles. The fourth-order valence-electron chi connectivity index (χ4n) is 2.78. The summed E-state index contributed by atoms with van der Waals surface area (Å²) in [6, 6.07) is 8.21. The molecule has 0 N–H and O–H groups in total. The third kappa shape index (κ3) is 1.48. The van der Waals surface area contributed by atoms with Crippen LogP contribution in [0.5, 0.6) is 0 Å². The Morgan fingerprint density at radius 1 is 1.41 bits per heavy atom. The molecule has 0 bridgehead atoms. The van der Waals surface area contributed by atoms with E-state index < -0.39 is 5.60 Å². The zero-order valence-electron chi connectivity index (χ0n) is 9.41. The van der Waals surface area contributed by atoms with Gasteiger partial charge in [-0.05, 0) is 30.4 Å². The number of carbonyl (C=O) groups excluding carboxylic acids is 1. The molecule has 0 aromatic heterocycles. The van der Waals surface area contributed by atoms with Crippen molar-refractivity contribution in [2.45, 2.75) is 29.7 Å². The lowest BCUT2D eigenvalue weighted by Crippen LogP contribution is -2.41. The van der Waals surface area contributed by atoms with Gasteiger partial charge in [0.05, 0.1) is 4.83 Å². The molecule has 1 aromatic rings. The highest BCUT2D eigenvalue weighted by molar-refractivity contribution is 9.09. The number of fused-ring (bicyclic) bond motifs is 2. The molecule has 0 saturated carbocycles. The van der Waals surface area contributed by atoms with Crippen LogP contribution in [0.15, 0.2) is 36.4 Å². The van der Waals surface area contributed by atoms with Crippen LogP contribution in [0.3, 0.4) is 0 Å². The first-order valence-electron chi connectivity index (χ1n) is 5.77. The summed E-state index contributed by atoms with van der Waals surface area (Å²) in [5.41, 5.74) is 2.53. The first-order valence-corrected chi connectivity index (χ1v) is 6.68. The van der Waals surface area contributed by atoms with Crippen molar-refractivity contribution in [3.63, 3.8) is 0 Å². The molecular formula is C14H13BrO2. The second-order valence-corrected chi connectivity index (χ2v) is 5.82. The Kier molecular flexibility index (Phi) is 2.40. The molecular weight excluding hydrogens is 280 g/mol. The van der Waals surface area contributed by atoms with Gasteiger partial charge in [-0.2, -0.15) is 0 Å². The quantitative estimate of drug-likeness (QED) is 0.417. The summed E-state index contributed by atoms with van der Waals surface area (Å²) in [6.07, 6.45) is 2.45. The SMILES string of the molecule is C=C1CCC2(OC1=O)c1ccccc1CC2Br.